The van der Waals surface area contributed by atoms with Crippen molar-refractivity contribution in [1.82, 2.24) is 9.97 Å². The van der Waals surface area contributed by atoms with Crippen LogP contribution in [0.2, 0.25) is 0 Å². The van der Waals surface area contributed by atoms with Crippen molar-refractivity contribution in [2.45, 2.75) is 13.8 Å². The third kappa shape index (κ3) is 2.80. The normalized spacial score (nSPS) is 12.7. The van der Waals surface area contributed by atoms with Crippen molar-refractivity contribution in [3.05, 3.63) is 35.8 Å². The van der Waals surface area contributed by atoms with Crippen molar-refractivity contribution in [3.8, 4) is 0 Å². The zero-order valence-corrected chi connectivity index (χ0v) is 9.24. The summed E-state index contributed by atoms with van der Waals surface area (Å²) >= 11 is 0. The van der Waals surface area contributed by atoms with Crippen LogP contribution in [0.25, 0.3) is 5.57 Å². The summed E-state index contributed by atoms with van der Waals surface area (Å²) < 4.78 is 4.96. The number of hydrogen-bond donors (Lipinski definition) is 1. The molecule has 0 atom stereocenters. The number of methoxy groups -OCH3 is 1. The van der Waals surface area contributed by atoms with Gasteiger partial charge in [0.05, 0.1) is 19.1 Å². The van der Waals surface area contributed by atoms with Gasteiger partial charge in [-0.2, -0.15) is 0 Å². The molecule has 0 radical (unpaired) electrons. The summed E-state index contributed by atoms with van der Waals surface area (Å²) in [5.41, 5.74) is 3.04. The van der Waals surface area contributed by atoms with Gasteiger partial charge >= 0.3 is 0 Å². The van der Waals surface area contributed by atoms with Gasteiger partial charge in [0.2, 0.25) is 5.88 Å². The summed E-state index contributed by atoms with van der Waals surface area (Å²) in [6.07, 6.45) is 5.34. The van der Waals surface area contributed by atoms with Crippen LogP contribution in [0, 0.1) is 6.92 Å². The Morgan fingerprint density at radius 3 is 2.80 bits per heavy atom. The highest BCUT2D eigenvalue weighted by atomic mass is 16.5. The standard InChI is InChI=1S/C11H15N3O/c1-8(5-6-10(12-3)15-4)11-9(2)13-7-14-11/h5-7H,3H2,1-2,4H3,(H,13,14)/b8-5+,10-6+. The van der Waals surface area contributed by atoms with Crippen LogP contribution < -0.4 is 0 Å². The average molecular weight is 205 g/mol. The molecular weight excluding hydrogens is 190 g/mol. The summed E-state index contributed by atoms with van der Waals surface area (Å²) in [6, 6.07) is 0. The number of allylic oxidation sites excluding steroid dienone is 3. The Hall–Kier alpha value is -1.84. The molecule has 1 aromatic heterocycles. The maximum atomic E-state index is 4.96. The molecule has 15 heavy (non-hydrogen) atoms. The molecule has 1 rings (SSSR count). The predicted octanol–water partition coefficient (Wildman–Crippen LogP) is 2.31. The lowest BCUT2D eigenvalue weighted by Crippen LogP contribution is -1.84. The summed E-state index contributed by atoms with van der Waals surface area (Å²) in [7, 11) is 1.56. The Balaban J connectivity index is 2.90. The number of ether oxygens (including phenoxy) is 1. The fourth-order valence-electron chi connectivity index (χ4n) is 1.22. The van der Waals surface area contributed by atoms with E-state index in [0.29, 0.717) is 5.88 Å². The number of aromatic amines is 1. The van der Waals surface area contributed by atoms with Crippen LogP contribution in [-0.4, -0.2) is 23.8 Å². The average Bonchev–Trinajstić information content (AvgIpc) is 2.66. The Morgan fingerprint density at radius 2 is 2.33 bits per heavy atom. The fourth-order valence-corrected chi connectivity index (χ4v) is 1.22. The topological polar surface area (TPSA) is 50.3 Å². The third-order valence-corrected chi connectivity index (χ3v) is 2.04. The lowest BCUT2D eigenvalue weighted by Gasteiger charge is -1.98. The van der Waals surface area contributed by atoms with Crippen LogP contribution in [-0.2, 0) is 4.74 Å². The molecule has 1 aromatic rings. The van der Waals surface area contributed by atoms with Gasteiger partial charge in [0, 0.05) is 11.8 Å². The van der Waals surface area contributed by atoms with Gasteiger partial charge < -0.3 is 9.72 Å². The highest BCUT2D eigenvalue weighted by Crippen LogP contribution is 2.14. The Bertz CT molecular complexity index is 402. The summed E-state index contributed by atoms with van der Waals surface area (Å²) in [6.45, 7) is 7.36. The van der Waals surface area contributed by atoms with E-state index in [9.17, 15) is 0 Å². The molecule has 4 heteroatoms. The van der Waals surface area contributed by atoms with Crippen molar-refractivity contribution < 1.29 is 4.74 Å². The SMILES string of the molecule is C=N/C(=C\C=C(/C)c1nc[nH]c1C)OC. The maximum absolute atomic E-state index is 4.96. The molecule has 1 heterocycles. The van der Waals surface area contributed by atoms with Crippen LogP contribution in [0.5, 0.6) is 0 Å². The van der Waals surface area contributed by atoms with Gasteiger partial charge in [-0.3, -0.25) is 0 Å². The first-order chi connectivity index (χ1) is 7.19. The minimum atomic E-state index is 0.488. The fraction of sp³-hybridized carbons (Fsp3) is 0.273. The number of H-pyrrole nitrogens is 1. The maximum Gasteiger partial charge on any atom is 0.212 e. The van der Waals surface area contributed by atoms with E-state index in [2.05, 4.69) is 21.7 Å². The number of rotatable bonds is 4. The van der Waals surface area contributed by atoms with Crippen molar-refractivity contribution >= 4 is 12.3 Å². The second kappa shape index (κ2) is 5.14. The van der Waals surface area contributed by atoms with Crippen LogP contribution in [0.15, 0.2) is 29.4 Å². The van der Waals surface area contributed by atoms with Crippen molar-refractivity contribution in [2.24, 2.45) is 4.99 Å². The number of aliphatic imine (C=N–C) groups is 1. The second-order valence-corrected chi connectivity index (χ2v) is 3.09. The van der Waals surface area contributed by atoms with Crippen molar-refractivity contribution in [1.29, 1.82) is 0 Å². The van der Waals surface area contributed by atoms with E-state index in [4.69, 9.17) is 4.74 Å². The van der Waals surface area contributed by atoms with Gasteiger partial charge in [-0.25, -0.2) is 9.98 Å². The minimum Gasteiger partial charge on any atom is -0.481 e. The summed E-state index contributed by atoms with van der Waals surface area (Å²) in [5, 5.41) is 0. The van der Waals surface area contributed by atoms with Gasteiger partial charge in [-0.05, 0) is 26.1 Å². The largest absolute Gasteiger partial charge is 0.481 e. The zero-order valence-electron chi connectivity index (χ0n) is 9.24. The van der Waals surface area contributed by atoms with Crippen LogP contribution in [0.3, 0.4) is 0 Å². The molecule has 0 aliphatic heterocycles. The molecule has 0 aliphatic rings. The molecule has 80 valence electrons. The first-order valence-electron chi connectivity index (χ1n) is 4.58. The van der Waals surface area contributed by atoms with E-state index in [1.807, 2.05) is 19.9 Å². The van der Waals surface area contributed by atoms with Crippen molar-refractivity contribution in [2.75, 3.05) is 7.11 Å². The number of imidazole rings is 1. The molecule has 1 N–H and O–H groups in total. The van der Waals surface area contributed by atoms with E-state index in [1.54, 1.807) is 19.5 Å². The highest BCUT2D eigenvalue weighted by Gasteiger charge is 2.01. The molecule has 0 aliphatic carbocycles. The molecule has 0 unspecified atom stereocenters. The molecule has 0 spiro atoms. The van der Waals surface area contributed by atoms with Crippen LogP contribution in [0.1, 0.15) is 18.3 Å². The van der Waals surface area contributed by atoms with Gasteiger partial charge in [-0.1, -0.05) is 6.08 Å². The monoisotopic (exact) mass is 205 g/mol. The molecule has 0 bridgehead atoms. The van der Waals surface area contributed by atoms with E-state index >= 15 is 0 Å². The van der Waals surface area contributed by atoms with Crippen LogP contribution in [0.4, 0.5) is 0 Å². The molecule has 4 nitrogen and oxygen atoms in total. The Kier molecular flexibility index (Phi) is 3.85. The van der Waals surface area contributed by atoms with E-state index in [1.165, 1.54) is 0 Å². The number of nitrogens with zero attached hydrogens (tertiary/aromatic N) is 2. The highest BCUT2D eigenvalue weighted by molar-refractivity contribution is 5.63. The first kappa shape index (κ1) is 11.2. The van der Waals surface area contributed by atoms with Gasteiger partial charge in [0.15, 0.2) is 0 Å². The van der Waals surface area contributed by atoms with Gasteiger partial charge in [0.1, 0.15) is 0 Å². The first-order valence-corrected chi connectivity index (χ1v) is 4.58. The minimum absolute atomic E-state index is 0.488. The molecular formula is C11H15N3O. The molecule has 0 amide bonds. The van der Waals surface area contributed by atoms with Gasteiger partial charge in [0.25, 0.3) is 0 Å². The molecule has 0 fully saturated rings. The summed E-state index contributed by atoms with van der Waals surface area (Å²) in [4.78, 5) is 10.9. The Morgan fingerprint density at radius 1 is 1.60 bits per heavy atom. The second-order valence-electron chi connectivity index (χ2n) is 3.09. The van der Waals surface area contributed by atoms with Crippen LogP contribution >= 0.6 is 0 Å². The molecule has 0 saturated heterocycles. The number of nitrogens with one attached hydrogen (secondary N) is 1. The Labute approximate surface area is 89.4 Å². The van der Waals surface area contributed by atoms with E-state index < -0.39 is 0 Å². The predicted molar refractivity (Wildman–Crippen MR) is 61.6 cm³/mol. The van der Waals surface area contributed by atoms with Gasteiger partial charge in [-0.15, -0.1) is 0 Å². The lowest BCUT2D eigenvalue weighted by atomic mass is 10.2. The zero-order chi connectivity index (χ0) is 11.3. The van der Waals surface area contributed by atoms with E-state index in [0.717, 1.165) is 17.0 Å². The van der Waals surface area contributed by atoms with E-state index in [-0.39, 0.29) is 0 Å². The number of aryl methyl sites for hydroxylation is 1. The summed E-state index contributed by atoms with van der Waals surface area (Å²) in [5.74, 6) is 0.488. The number of aromatic nitrogens is 2. The quantitative estimate of drug-likeness (QED) is 0.466. The molecule has 0 aromatic carbocycles. The third-order valence-electron chi connectivity index (χ3n) is 2.04. The lowest BCUT2D eigenvalue weighted by molar-refractivity contribution is 0.289. The number of hydrogen-bond acceptors (Lipinski definition) is 3. The smallest absolute Gasteiger partial charge is 0.212 e. The molecule has 0 saturated carbocycles. The van der Waals surface area contributed by atoms with Crippen molar-refractivity contribution in [3.63, 3.8) is 0 Å².